The first-order chi connectivity index (χ1) is 8.81. The Morgan fingerprint density at radius 1 is 1.37 bits per heavy atom. The van der Waals surface area contributed by atoms with Crippen molar-refractivity contribution in [2.24, 2.45) is 5.41 Å². The minimum absolute atomic E-state index is 0.0363. The van der Waals surface area contributed by atoms with Gasteiger partial charge in [0.15, 0.2) is 5.78 Å². The van der Waals surface area contributed by atoms with E-state index in [1.807, 2.05) is 27.7 Å². The maximum absolute atomic E-state index is 13.9. The molecule has 0 saturated carbocycles. The van der Waals surface area contributed by atoms with Crippen LogP contribution in [0.3, 0.4) is 0 Å². The normalized spacial score (nSPS) is 13.2. The summed E-state index contributed by atoms with van der Waals surface area (Å²) in [4.78, 5) is 12.4. The largest absolute Gasteiger partial charge is 0.497 e. The minimum Gasteiger partial charge on any atom is -0.497 e. The van der Waals surface area contributed by atoms with E-state index in [0.717, 1.165) is 0 Å². The Morgan fingerprint density at radius 3 is 2.42 bits per heavy atom. The number of carbonyl (C=O) groups is 1. The molecule has 0 aliphatic carbocycles. The molecule has 0 aromatic heterocycles. The van der Waals surface area contributed by atoms with Crippen LogP contribution in [0.15, 0.2) is 18.2 Å². The number of hydrogen-bond acceptors (Lipinski definition) is 3. The van der Waals surface area contributed by atoms with Crippen LogP contribution in [-0.2, 0) is 4.74 Å². The van der Waals surface area contributed by atoms with Gasteiger partial charge in [-0.05, 0) is 24.5 Å². The molecule has 106 valence electrons. The van der Waals surface area contributed by atoms with Crippen LogP contribution in [0.25, 0.3) is 0 Å². The van der Waals surface area contributed by atoms with Crippen LogP contribution in [0.2, 0.25) is 0 Å². The van der Waals surface area contributed by atoms with E-state index in [1.165, 1.54) is 19.2 Å². The molecule has 0 saturated heterocycles. The number of ether oxygens (including phenoxy) is 2. The van der Waals surface area contributed by atoms with Gasteiger partial charge in [0.1, 0.15) is 17.7 Å². The van der Waals surface area contributed by atoms with Crippen molar-refractivity contribution < 1.29 is 18.7 Å². The van der Waals surface area contributed by atoms with E-state index in [9.17, 15) is 9.18 Å². The lowest BCUT2D eigenvalue weighted by atomic mass is 9.84. The first-order valence-corrected chi connectivity index (χ1v) is 6.30. The molecule has 1 aromatic carbocycles. The molecule has 0 heterocycles. The highest BCUT2D eigenvalue weighted by Crippen LogP contribution is 2.27. The van der Waals surface area contributed by atoms with Gasteiger partial charge in [0.2, 0.25) is 0 Å². The van der Waals surface area contributed by atoms with E-state index < -0.39 is 11.9 Å². The third-order valence-corrected chi connectivity index (χ3v) is 2.80. The van der Waals surface area contributed by atoms with Crippen molar-refractivity contribution in [3.05, 3.63) is 29.6 Å². The quantitative estimate of drug-likeness (QED) is 0.767. The summed E-state index contributed by atoms with van der Waals surface area (Å²) in [6.45, 7) is 7.91. The number of rotatable bonds is 5. The van der Waals surface area contributed by atoms with Gasteiger partial charge in [-0.3, -0.25) is 4.79 Å². The average molecular weight is 268 g/mol. The van der Waals surface area contributed by atoms with Crippen LogP contribution in [-0.4, -0.2) is 25.6 Å². The highest BCUT2D eigenvalue weighted by Gasteiger charge is 2.33. The number of Topliss-reactive ketones (excluding diaryl/α,β-unsaturated/α-hetero) is 1. The molecule has 0 aliphatic rings. The smallest absolute Gasteiger partial charge is 0.195 e. The van der Waals surface area contributed by atoms with Crippen molar-refractivity contribution in [2.75, 3.05) is 13.7 Å². The predicted molar refractivity (Wildman–Crippen MR) is 72.2 cm³/mol. The summed E-state index contributed by atoms with van der Waals surface area (Å²) in [7, 11) is 1.45. The van der Waals surface area contributed by atoms with Crippen LogP contribution in [0.5, 0.6) is 5.75 Å². The molecule has 0 spiro atoms. The molecule has 1 aromatic rings. The fraction of sp³-hybridized carbons (Fsp3) is 0.533. The van der Waals surface area contributed by atoms with Gasteiger partial charge in [0, 0.05) is 12.7 Å². The summed E-state index contributed by atoms with van der Waals surface area (Å²) >= 11 is 0. The molecule has 3 nitrogen and oxygen atoms in total. The van der Waals surface area contributed by atoms with Crippen LogP contribution >= 0.6 is 0 Å². The summed E-state index contributed by atoms with van der Waals surface area (Å²) in [6.07, 6.45) is -0.666. The lowest BCUT2D eigenvalue weighted by molar-refractivity contribution is -0.000485. The van der Waals surface area contributed by atoms with Crippen LogP contribution < -0.4 is 4.74 Å². The molecule has 0 radical (unpaired) electrons. The second-order valence-corrected chi connectivity index (χ2v) is 5.41. The van der Waals surface area contributed by atoms with Crippen molar-refractivity contribution in [1.82, 2.24) is 0 Å². The van der Waals surface area contributed by atoms with E-state index in [1.54, 1.807) is 6.07 Å². The summed E-state index contributed by atoms with van der Waals surface area (Å²) in [6, 6.07) is 4.22. The van der Waals surface area contributed by atoms with Crippen molar-refractivity contribution in [3.8, 4) is 5.75 Å². The molecule has 0 aliphatic heterocycles. The molecule has 0 fully saturated rings. The average Bonchev–Trinajstić information content (AvgIpc) is 2.33. The van der Waals surface area contributed by atoms with Crippen molar-refractivity contribution >= 4 is 5.78 Å². The van der Waals surface area contributed by atoms with Gasteiger partial charge >= 0.3 is 0 Å². The molecule has 1 unspecified atom stereocenters. The van der Waals surface area contributed by atoms with E-state index in [2.05, 4.69) is 0 Å². The molecule has 19 heavy (non-hydrogen) atoms. The zero-order valence-corrected chi connectivity index (χ0v) is 12.1. The molecular weight excluding hydrogens is 247 g/mol. The second kappa shape index (κ2) is 6.15. The molecule has 0 N–H and O–H groups in total. The Hall–Kier alpha value is -1.42. The van der Waals surface area contributed by atoms with Crippen molar-refractivity contribution in [1.29, 1.82) is 0 Å². The zero-order chi connectivity index (χ0) is 14.6. The van der Waals surface area contributed by atoms with Gasteiger partial charge in [-0.1, -0.05) is 20.8 Å². The van der Waals surface area contributed by atoms with E-state index >= 15 is 0 Å². The standard InChI is InChI=1S/C15H21FO3/c1-6-19-14(15(2,3)4)13(17)11-8-7-10(18-5)9-12(11)16/h7-9,14H,6H2,1-5H3. The Labute approximate surface area is 113 Å². The van der Waals surface area contributed by atoms with E-state index in [4.69, 9.17) is 9.47 Å². The SMILES string of the molecule is CCOC(C(=O)c1ccc(OC)cc1F)C(C)(C)C. The molecule has 0 bridgehead atoms. The van der Waals surface area contributed by atoms with Gasteiger partial charge in [-0.25, -0.2) is 4.39 Å². The first kappa shape index (κ1) is 15.6. The molecular formula is C15H21FO3. The molecule has 1 atom stereocenters. The maximum atomic E-state index is 13.9. The third kappa shape index (κ3) is 3.77. The Kier molecular flexibility index (Phi) is 5.06. The molecule has 0 amide bonds. The Balaban J connectivity index is 3.10. The topological polar surface area (TPSA) is 35.5 Å². The highest BCUT2D eigenvalue weighted by molar-refractivity contribution is 6.00. The predicted octanol–water partition coefficient (Wildman–Crippen LogP) is 3.47. The minimum atomic E-state index is -0.666. The van der Waals surface area contributed by atoms with Crippen LogP contribution in [0.4, 0.5) is 4.39 Å². The van der Waals surface area contributed by atoms with Crippen molar-refractivity contribution in [3.63, 3.8) is 0 Å². The third-order valence-electron chi connectivity index (χ3n) is 2.80. The van der Waals surface area contributed by atoms with Crippen molar-refractivity contribution in [2.45, 2.75) is 33.8 Å². The lowest BCUT2D eigenvalue weighted by Crippen LogP contribution is -2.37. The van der Waals surface area contributed by atoms with Crippen LogP contribution in [0.1, 0.15) is 38.1 Å². The highest BCUT2D eigenvalue weighted by atomic mass is 19.1. The number of carbonyl (C=O) groups excluding carboxylic acids is 1. The summed E-state index contributed by atoms with van der Waals surface area (Å²) in [5.41, 5.74) is -0.353. The lowest BCUT2D eigenvalue weighted by Gasteiger charge is -2.29. The fourth-order valence-corrected chi connectivity index (χ4v) is 1.85. The summed E-state index contributed by atoms with van der Waals surface area (Å²) in [5.74, 6) is -0.537. The first-order valence-electron chi connectivity index (χ1n) is 6.30. The number of methoxy groups -OCH3 is 1. The van der Waals surface area contributed by atoms with E-state index in [0.29, 0.717) is 12.4 Å². The maximum Gasteiger partial charge on any atom is 0.195 e. The number of halogens is 1. The van der Waals surface area contributed by atoms with Gasteiger partial charge < -0.3 is 9.47 Å². The van der Waals surface area contributed by atoms with Crippen LogP contribution in [0, 0.1) is 11.2 Å². The number of ketones is 1. The Bertz CT molecular complexity index is 449. The Morgan fingerprint density at radius 2 is 2.00 bits per heavy atom. The van der Waals surface area contributed by atoms with Gasteiger partial charge in [0.25, 0.3) is 0 Å². The number of hydrogen-bond donors (Lipinski definition) is 0. The molecule has 4 heteroatoms. The van der Waals surface area contributed by atoms with E-state index in [-0.39, 0.29) is 16.8 Å². The zero-order valence-electron chi connectivity index (χ0n) is 12.1. The summed E-state index contributed by atoms with van der Waals surface area (Å²) < 4.78 is 24.3. The monoisotopic (exact) mass is 268 g/mol. The summed E-state index contributed by atoms with van der Waals surface area (Å²) in [5, 5.41) is 0. The second-order valence-electron chi connectivity index (χ2n) is 5.41. The van der Waals surface area contributed by atoms with Gasteiger partial charge in [0.05, 0.1) is 12.7 Å². The van der Waals surface area contributed by atoms with Gasteiger partial charge in [-0.2, -0.15) is 0 Å². The fourth-order valence-electron chi connectivity index (χ4n) is 1.85. The number of benzene rings is 1. The molecule has 1 rings (SSSR count). The van der Waals surface area contributed by atoms with Gasteiger partial charge in [-0.15, -0.1) is 0 Å².